The summed E-state index contributed by atoms with van der Waals surface area (Å²) < 4.78 is 16.3. The summed E-state index contributed by atoms with van der Waals surface area (Å²) in [6.45, 7) is 1.89. The summed E-state index contributed by atoms with van der Waals surface area (Å²) in [5, 5.41) is 8.96. The largest absolute Gasteiger partial charge is 0.496 e. The number of thioether (sulfide) groups is 1. The van der Waals surface area contributed by atoms with E-state index in [4.69, 9.17) is 25.8 Å². The van der Waals surface area contributed by atoms with Crippen molar-refractivity contribution in [1.29, 1.82) is 0 Å². The lowest BCUT2D eigenvalue weighted by Gasteiger charge is -2.15. The van der Waals surface area contributed by atoms with E-state index in [2.05, 4.69) is 16.0 Å². The molecular formula is C34H32ClN3O6S. The van der Waals surface area contributed by atoms with Crippen LogP contribution in [0.25, 0.3) is 6.08 Å². The summed E-state index contributed by atoms with van der Waals surface area (Å²) in [4.78, 5) is 39.9. The van der Waals surface area contributed by atoms with Gasteiger partial charge in [0, 0.05) is 38.5 Å². The average molecular weight is 646 g/mol. The second-order valence-corrected chi connectivity index (χ2v) is 11.1. The summed E-state index contributed by atoms with van der Waals surface area (Å²) in [6, 6.07) is 24.2. The topological polar surface area (TPSA) is 115 Å². The lowest BCUT2D eigenvalue weighted by molar-refractivity contribution is -0.114. The van der Waals surface area contributed by atoms with Gasteiger partial charge in [-0.2, -0.15) is 0 Å². The zero-order valence-corrected chi connectivity index (χ0v) is 26.7. The molecule has 3 N–H and O–H groups in total. The summed E-state index contributed by atoms with van der Waals surface area (Å²) in [5.74, 6) is 0.259. The van der Waals surface area contributed by atoms with Gasteiger partial charge >= 0.3 is 0 Å². The molecule has 0 radical (unpaired) electrons. The highest BCUT2D eigenvalue weighted by Crippen LogP contribution is 2.35. The van der Waals surface area contributed by atoms with E-state index in [1.54, 1.807) is 78.9 Å². The summed E-state index contributed by atoms with van der Waals surface area (Å²) >= 11 is 7.40. The fourth-order valence-corrected chi connectivity index (χ4v) is 5.03. The van der Waals surface area contributed by atoms with Gasteiger partial charge < -0.3 is 30.2 Å². The molecule has 0 aliphatic heterocycles. The Balaban J connectivity index is 1.50. The van der Waals surface area contributed by atoms with Crippen LogP contribution in [0.3, 0.4) is 0 Å². The molecule has 232 valence electrons. The van der Waals surface area contributed by atoms with Crippen molar-refractivity contribution in [3.8, 4) is 17.2 Å². The molecule has 0 saturated heterocycles. The van der Waals surface area contributed by atoms with Crippen LogP contribution in [0.4, 0.5) is 11.4 Å². The molecule has 4 rings (SSSR count). The molecule has 0 fully saturated rings. The molecule has 0 unspecified atom stereocenters. The van der Waals surface area contributed by atoms with Crippen LogP contribution in [0.2, 0.25) is 5.02 Å². The molecule has 0 saturated carbocycles. The van der Waals surface area contributed by atoms with E-state index < -0.39 is 11.8 Å². The Bertz CT molecular complexity index is 1710. The number of ether oxygens (including phenoxy) is 3. The Kier molecular flexibility index (Phi) is 11.5. The van der Waals surface area contributed by atoms with Crippen LogP contribution in [0.5, 0.6) is 17.2 Å². The normalized spacial score (nSPS) is 10.9. The van der Waals surface area contributed by atoms with Gasteiger partial charge in [0.15, 0.2) is 11.5 Å². The first kappa shape index (κ1) is 33.0. The molecule has 9 nitrogen and oxygen atoms in total. The van der Waals surface area contributed by atoms with Gasteiger partial charge in [0.05, 0.1) is 27.1 Å². The minimum absolute atomic E-state index is 0.0270. The number of carbonyl (C=O) groups is 3. The first-order valence-electron chi connectivity index (χ1n) is 13.7. The van der Waals surface area contributed by atoms with Crippen molar-refractivity contribution in [2.75, 3.05) is 37.7 Å². The number of aryl methyl sites for hydroxylation is 1. The minimum atomic E-state index is -0.562. The summed E-state index contributed by atoms with van der Waals surface area (Å²) in [5.41, 5.74) is 2.90. The molecule has 0 aromatic heterocycles. The van der Waals surface area contributed by atoms with E-state index in [0.717, 1.165) is 10.5 Å². The minimum Gasteiger partial charge on any atom is -0.496 e. The first-order valence-corrected chi connectivity index (χ1v) is 15.1. The van der Waals surface area contributed by atoms with Crippen molar-refractivity contribution in [3.05, 3.63) is 112 Å². The third-order valence-electron chi connectivity index (χ3n) is 6.52. The maximum atomic E-state index is 13.5. The Morgan fingerprint density at radius 3 is 2.13 bits per heavy atom. The third-order valence-corrected chi connectivity index (χ3v) is 7.77. The molecule has 3 amide bonds. The monoisotopic (exact) mass is 645 g/mol. The third kappa shape index (κ3) is 9.04. The highest BCUT2D eigenvalue weighted by Gasteiger charge is 2.18. The number of anilines is 2. The summed E-state index contributed by atoms with van der Waals surface area (Å²) in [6.07, 6.45) is 1.50. The molecule has 0 bridgehead atoms. The first-order chi connectivity index (χ1) is 21.7. The van der Waals surface area contributed by atoms with Gasteiger partial charge in [0.25, 0.3) is 11.8 Å². The van der Waals surface area contributed by atoms with Gasteiger partial charge in [-0.15, -0.1) is 11.8 Å². The van der Waals surface area contributed by atoms with Crippen LogP contribution in [-0.2, 0) is 9.59 Å². The Hall–Kier alpha value is -4.93. The van der Waals surface area contributed by atoms with Crippen LogP contribution < -0.4 is 30.2 Å². The van der Waals surface area contributed by atoms with E-state index >= 15 is 0 Å². The number of benzene rings is 4. The Morgan fingerprint density at radius 2 is 1.47 bits per heavy atom. The highest BCUT2D eigenvalue weighted by atomic mass is 35.5. The fourth-order valence-electron chi connectivity index (χ4n) is 4.16. The number of hydrogen-bond acceptors (Lipinski definition) is 7. The van der Waals surface area contributed by atoms with Crippen molar-refractivity contribution in [2.24, 2.45) is 0 Å². The molecule has 4 aromatic rings. The molecule has 0 atom stereocenters. The van der Waals surface area contributed by atoms with Crippen LogP contribution >= 0.6 is 23.4 Å². The van der Waals surface area contributed by atoms with Crippen LogP contribution in [0, 0.1) is 6.92 Å². The highest BCUT2D eigenvalue weighted by molar-refractivity contribution is 8.00. The van der Waals surface area contributed by atoms with E-state index in [1.165, 1.54) is 39.2 Å². The van der Waals surface area contributed by atoms with Gasteiger partial charge in [0.1, 0.15) is 11.4 Å². The van der Waals surface area contributed by atoms with Gasteiger partial charge in [-0.25, -0.2) is 0 Å². The van der Waals surface area contributed by atoms with Gasteiger partial charge in [-0.05, 0) is 73.2 Å². The molecule has 0 spiro atoms. The predicted molar refractivity (Wildman–Crippen MR) is 179 cm³/mol. The Morgan fingerprint density at radius 1 is 0.800 bits per heavy atom. The number of nitrogens with one attached hydrogen (secondary N) is 3. The number of halogens is 1. The predicted octanol–water partition coefficient (Wildman–Crippen LogP) is 6.81. The molecule has 0 aliphatic carbocycles. The molecule has 45 heavy (non-hydrogen) atoms. The van der Waals surface area contributed by atoms with Crippen LogP contribution in [0.1, 0.15) is 21.5 Å². The zero-order valence-electron chi connectivity index (χ0n) is 25.1. The van der Waals surface area contributed by atoms with E-state index in [0.29, 0.717) is 44.8 Å². The summed E-state index contributed by atoms with van der Waals surface area (Å²) in [7, 11) is 4.49. The van der Waals surface area contributed by atoms with Crippen molar-refractivity contribution in [1.82, 2.24) is 5.32 Å². The number of hydrogen-bond donors (Lipinski definition) is 3. The number of amides is 3. The lowest BCUT2D eigenvalue weighted by atomic mass is 10.1. The van der Waals surface area contributed by atoms with Crippen LogP contribution in [0.15, 0.2) is 95.5 Å². The van der Waals surface area contributed by atoms with Gasteiger partial charge in [-0.1, -0.05) is 35.9 Å². The SMILES string of the molecule is COc1cc(OC)c(OC)cc1/C=C(\NC(=O)c1ccccc1)C(=O)Nc1ccc(SCC(=O)Nc2cc(Cl)ccc2C)cc1. The smallest absolute Gasteiger partial charge is 0.272 e. The standard InChI is InChI=1S/C34H32ClN3O6S/c1-21-10-11-24(35)18-27(21)37-32(39)20-45-26-14-12-25(13-15-26)36-34(41)28(38-33(40)22-8-6-5-7-9-22)16-23-17-30(43-3)31(44-4)19-29(23)42-2/h5-19H,20H2,1-4H3,(H,36,41)(H,37,39)(H,38,40)/b28-16-. The Labute approximate surface area is 270 Å². The van der Waals surface area contributed by atoms with Crippen molar-refractivity contribution >= 4 is 58.5 Å². The van der Waals surface area contributed by atoms with Crippen molar-refractivity contribution < 1.29 is 28.6 Å². The maximum Gasteiger partial charge on any atom is 0.272 e. The van der Waals surface area contributed by atoms with Gasteiger partial charge in [0.2, 0.25) is 5.91 Å². The van der Waals surface area contributed by atoms with Crippen LogP contribution in [-0.4, -0.2) is 44.8 Å². The number of carbonyl (C=O) groups excluding carboxylic acids is 3. The van der Waals surface area contributed by atoms with Crippen molar-refractivity contribution in [2.45, 2.75) is 11.8 Å². The average Bonchev–Trinajstić information content (AvgIpc) is 3.05. The zero-order chi connectivity index (χ0) is 32.3. The second kappa shape index (κ2) is 15.7. The molecule has 0 aliphatic rings. The quantitative estimate of drug-likeness (QED) is 0.114. The molecule has 0 heterocycles. The second-order valence-electron chi connectivity index (χ2n) is 9.60. The van der Waals surface area contributed by atoms with E-state index in [9.17, 15) is 14.4 Å². The van der Waals surface area contributed by atoms with E-state index in [1.807, 2.05) is 13.0 Å². The van der Waals surface area contributed by atoms with Gasteiger partial charge in [-0.3, -0.25) is 14.4 Å². The molecular weight excluding hydrogens is 614 g/mol. The molecule has 4 aromatic carbocycles. The van der Waals surface area contributed by atoms with Crippen molar-refractivity contribution in [3.63, 3.8) is 0 Å². The lowest BCUT2D eigenvalue weighted by Crippen LogP contribution is -2.30. The molecule has 11 heteroatoms. The number of methoxy groups -OCH3 is 3. The number of rotatable bonds is 12. The van der Waals surface area contributed by atoms with E-state index in [-0.39, 0.29) is 17.4 Å². The maximum absolute atomic E-state index is 13.5. The fraction of sp³-hybridized carbons (Fsp3) is 0.147.